The van der Waals surface area contributed by atoms with Gasteiger partial charge in [-0.25, -0.2) is 0 Å². The SMILES string of the molecule is CCC[C@@H](N)c1cc(Br)c(O)c(OC)c1.Cl. The highest BCUT2D eigenvalue weighted by molar-refractivity contribution is 9.10. The zero-order chi connectivity index (χ0) is 11.4. The molecule has 3 nitrogen and oxygen atoms in total. The minimum absolute atomic E-state index is 0. The molecule has 0 saturated heterocycles. The van der Waals surface area contributed by atoms with E-state index in [1.165, 1.54) is 7.11 Å². The number of methoxy groups -OCH3 is 1. The number of hydrogen-bond acceptors (Lipinski definition) is 3. The molecule has 3 N–H and O–H groups in total. The van der Waals surface area contributed by atoms with Gasteiger partial charge in [0, 0.05) is 6.04 Å². The summed E-state index contributed by atoms with van der Waals surface area (Å²) < 4.78 is 5.67. The Morgan fingerprint density at radius 1 is 1.50 bits per heavy atom. The number of nitrogens with two attached hydrogens (primary N) is 1. The normalized spacial score (nSPS) is 11.8. The number of halogens is 2. The Morgan fingerprint density at radius 3 is 2.62 bits per heavy atom. The van der Waals surface area contributed by atoms with Gasteiger partial charge in [-0.1, -0.05) is 13.3 Å². The quantitative estimate of drug-likeness (QED) is 0.896. The number of rotatable bonds is 4. The van der Waals surface area contributed by atoms with E-state index in [-0.39, 0.29) is 24.2 Å². The summed E-state index contributed by atoms with van der Waals surface area (Å²) in [6.45, 7) is 2.09. The Kier molecular flexibility index (Phi) is 6.79. The van der Waals surface area contributed by atoms with Crippen LogP contribution in [0.2, 0.25) is 0 Å². The molecule has 0 saturated carbocycles. The molecule has 0 bridgehead atoms. The standard InChI is InChI=1S/C11H16BrNO2.ClH/c1-3-4-9(13)7-5-8(12)11(14)10(6-7)15-2;/h5-6,9,14H,3-4,13H2,1-2H3;1H/t9-;/m1./s1. The molecular formula is C11H17BrClNO2. The Morgan fingerprint density at radius 2 is 2.12 bits per heavy atom. The van der Waals surface area contributed by atoms with Crippen molar-refractivity contribution in [3.05, 3.63) is 22.2 Å². The lowest BCUT2D eigenvalue weighted by atomic mass is 10.0. The van der Waals surface area contributed by atoms with Crippen LogP contribution in [0.1, 0.15) is 31.4 Å². The van der Waals surface area contributed by atoms with Crippen molar-refractivity contribution >= 4 is 28.3 Å². The van der Waals surface area contributed by atoms with Crippen molar-refractivity contribution in [2.45, 2.75) is 25.8 Å². The van der Waals surface area contributed by atoms with Gasteiger partial charge in [0.25, 0.3) is 0 Å². The third-order valence-electron chi connectivity index (χ3n) is 2.30. The second-order valence-corrected chi connectivity index (χ2v) is 4.30. The van der Waals surface area contributed by atoms with Crippen LogP contribution in [0.15, 0.2) is 16.6 Å². The van der Waals surface area contributed by atoms with Crippen molar-refractivity contribution in [2.24, 2.45) is 5.73 Å². The molecule has 0 aliphatic carbocycles. The number of hydrogen-bond donors (Lipinski definition) is 2. The van der Waals surface area contributed by atoms with Gasteiger partial charge in [0.2, 0.25) is 0 Å². The molecule has 0 heterocycles. The summed E-state index contributed by atoms with van der Waals surface area (Å²) in [5.41, 5.74) is 6.96. The highest BCUT2D eigenvalue weighted by Crippen LogP contribution is 2.37. The first-order valence-electron chi connectivity index (χ1n) is 4.92. The van der Waals surface area contributed by atoms with Crippen LogP contribution in [-0.4, -0.2) is 12.2 Å². The lowest BCUT2D eigenvalue weighted by molar-refractivity contribution is 0.371. The van der Waals surface area contributed by atoms with Crippen molar-refractivity contribution in [1.29, 1.82) is 0 Å². The summed E-state index contributed by atoms with van der Waals surface area (Å²) in [4.78, 5) is 0. The van der Waals surface area contributed by atoms with Crippen LogP contribution in [-0.2, 0) is 0 Å². The van der Waals surface area contributed by atoms with Crippen LogP contribution in [0.4, 0.5) is 0 Å². The third-order valence-corrected chi connectivity index (χ3v) is 2.90. The van der Waals surface area contributed by atoms with E-state index in [9.17, 15) is 5.11 Å². The summed E-state index contributed by atoms with van der Waals surface area (Å²) in [7, 11) is 1.52. The fraction of sp³-hybridized carbons (Fsp3) is 0.455. The highest BCUT2D eigenvalue weighted by Gasteiger charge is 2.12. The van der Waals surface area contributed by atoms with E-state index >= 15 is 0 Å². The van der Waals surface area contributed by atoms with Crippen LogP contribution in [0.3, 0.4) is 0 Å². The molecule has 0 spiro atoms. The van der Waals surface area contributed by atoms with Crippen LogP contribution < -0.4 is 10.5 Å². The van der Waals surface area contributed by atoms with Crippen LogP contribution >= 0.6 is 28.3 Å². The molecule has 16 heavy (non-hydrogen) atoms. The predicted octanol–water partition coefficient (Wildman–Crippen LogP) is 3.39. The number of aromatic hydroxyl groups is 1. The summed E-state index contributed by atoms with van der Waals surface area (Å²) in [6, 6.07) is 3.60. The Balaban J connectivity index is 0.00000225. The summed E-state index contributed by atoms with van der Waals surface area (Å²) in [5.74, 6) is 0.566. The maximum Gasteiger partial charge on any atom is 0.172 e. The molecule has 0 fully saturated rings. The maximum absolute atomic E-state index is 9.62. The van der Waals surface area contributed by atoms with E-state index in [2.05, 4.69) is 22.9 Å². The van der Waals surface area contributed by atoms with E-state index in [0.29, 0.717) is 10.2 Å². The Hall–Kier alpha value is -0.450. The predicted molar refractivity (Wildman–Crippen MR) is 71.4 cm³/mol. The summed E-state index contributed by atoms with van der Waals surface area (Å²) in [5, 5.41) is 9.62. The molecule has 0 aliphatic heterocycles. The highest BCUT2D eigenvalue weighted by atomic mass is 79.9. The van der Waals surface area contributed by atoms with E-state index < -0.39 is 0 Å². The first kappa shape index (κ1) is 15.6. The zero-order valence-corrected chi connectivity index (χ0v) is 11.8. The van der Waals surface area contributed by atoms with Gasteiger partial charge in [-0.05, 0) is 40.0 Å². The topological polar surface area (TPSA) is 55.5 Å². The van der Waals surface area contributed by atoms with Gasteiger partial charge in [-0.2, -0.15) is 0 Å². The minimum atomic E-state index is -0.0131. The fourth-order valence-corrected chi connectivity index (χ4v) is 1.90. The molecule has 0 amide bonds. The number of ether oxygens (including phenoxy) is 1. The second-order valence-electron chi connectivity index (χ2n) is 3.45. The first-order chi connectivity index (χ1) is 7.10. The minimum Gasteiger partial charge on any atom is -0.503 e. The number of benzene rings is 1. The largest absolute Gasteiger partial charge is 0.503 e. The van der Waals surface area contributed by atoms with Crippen LogP contribution in [0.25, 0.3) is 0 Å². The lowest BCUT2D eigenvalue weighted by Gasteiger charge is -2.14. The van der Waals surface area contributed by atoms with Gasteiger partial charge in [-0.3, -0.25) is 0 Å². The molecule has 0 aliphatic rings. The second kappa shape index (κ2) is 6.99. The molecule has 0 radical (unpaired) electrons. The molecule has 1 rings (SSSR count). The average molecular weight is 311 g/mol. The zero-order valence-electron chi connectivity index (χ0n) is 9.37. The van der Waals surface area contributed by atoms with Gasteiger partial charge >= 0.3 is 0 Å². The number of phenolic OH excluding ortho intramolecular Hbond substituents is 1. The van der Waals surface area contributed by atoms with E-state index in [4.69, 9.17) is 10.5 Å². The lowest BCUT2D eigenvalue weighted by Crippen LogP contribution is -2.09. The first-order valence-corrected chi connectivity index (χ1v) is 5.71. The van der Waals surface area contributed by atoms with Gasteiger partial charge in [0.1, 0.15) is 0 Å². The van der Waals surface area contributed by atoms with Gasteiger partial charge in [0.15, 0.2) is 11.5 Å². The molecule has 0 unspecified atom stereocenters. The van der Waals surface area contributed by atoms with Gasteiger partial charge < -0.3 is 15.6 Å². The molecule has 1 aromatic carbocycles. The molecular weight excluding hydrogens is 293 g/mol. The third kappa shape index (κ3) is 3.54. The Labute approximate surface area is 111 Å². The Bertz CT molecular complexity index is 347. The smallest absolute Gasteiger partial charge is 0.172 e. The van der Waals surface area contributed by atoms with Crippen LogP contribution in [0, 0.1) is 0 Å². The van der Waals surface area contributed by atoms with Crippen LogP contribution in [0.5, 0.6) is 11.5 Å². The van der Waals surface area contributed by atoms with Crippen molar-refractivity contribution < 1.29 is 9.84 Å². The molecule has 92 valence electrons. The average Bonchev–Trinajstić information content (AvgIpc) is 2.22. The monoisotopic (exact) mass is 309 g/mol. The summed E-state index contributed by atoms with van der Waals surface area (Å²) >= 11 is 3.27. The molecule has 5 heteroatoms. The van der Waals surface area contributed by atoms with E-state index in [1.54, 1.807) is 6.07 Å². The van der Waals surface area contributed by atoms with Crippen molar-refractivity contribution in [3.63, 3.8) is 0 Å². The van der Waals surface area contributed by atoms with Gasteiger partial charge in [0.05, 0.1) is 11.6 Å². The van der Waals surface area contributed by atoms with Crippen molar-refractivity contribution in [3.8, 4) is 11.5 Å². The molecule has 1 aromatic rings. The van der Waals surface area contributed by atoms with Crippen molar-refractivity contribution in [2.75, 3.05) is 7.11 Å². The molecule has 0 aromatic heterocycles. The van der Waals surface area contributed by atoms with Crippen molar-refractivity contribution in [1.82, 2.24) is 0 Å². The summed E-state index contributed by atoms with van der Waals surface area (Å²) in [6.07, 6.45) is 1.95. The molecule has 1 atom stereocenters. The fourth-order valence-electron chi connectivity index (χ4n) is 1.44. The number of phenols is 1. The van der Waals surface area contributed by atoms with E-state index in [0.717, 1.165) is 18.4 Å². The van der Waals surface area contributed by atoms with E-state index in [1.807, 2.05) is 6.07 Å². The van der Waals surface area contributed by atoms with Gasteiger partial charge in [-0.15, -0.1) is 12.4 Å². The maximum atomic E-state index is 9.62.